The van der Waals surface area contributed by atoms with Crippen LogP contribution in [0.1, 0.15) is 24.1 Å². The molecule has 0 saturated heterocycles. The van der Waals surface area contributed by atoms with E-state index in [1.807, 2.05) is 61.3 Å². The van der Waals surface area contributed by atoms with E-state index in [2.05, 4.69) is 10.4 Å². The lowest BCUT2D eigenvalue weighted by Gasteiger charge is -2.21. The molecule has 0 aliphatic rings. The lowest BCUT2D eigenvalue weighted by atomic mass is 10.1. The first-order chi connectivity index (χ1) is 9.56. The zero-order chi connectivity index (χ0) is 14.5. The number of primary amides is 1. The molecule has 106 valence electrons. The average molecular weight is 272 g/mol. The topological polar surface area (TPSA) is 72.9 Å². The van der Waals surface area contributed by atoms with Crippen LogP contribution in [0.15, 0.2) is 42.7 Å². The highest BCUT2D eigenvalue weighted by atomic mass is 16.1. The Hall–Kier alpha value is -2.14. The minimum atomic E-state index is -0.483. The maximum absolute atomic E-state index is 11.6. The number of rotatable bonds is 6. The van der Waals surface area contributed by atoms with Gasteiger partial charge in [0.1, 0.15) is 6.04 Å². The zero-order valence-electron chi connectivity index (χ0n) is 11.8. The molecular weight excluding hydrogens is 252 g/mol. The van der Waals surface area contributed by atoms with Crippen LogP contribution in [0, 0.1) is 6.92 Å². The van der Waals surface area contributed by atoms with Gasteiger partial charge in [-0.15, -0.1) is 0 Å². The van der Waals surface area contributed by atoms with Gasteiger partial charge < -0.3 is 5.73 Å². The summed E-state index contributed by atoms with van der Waals surface area (Å²) in [5.41, 5.74) is 7.49. The molecule has 2 unspecified atom stereocenters. The second-order valence-corrected chi connectivity index (χ2v) is 5.05. The zero-order valence-corrected chi connectivity index (χ0v) is 11.8. The summed E-state index contributed by atoms with van der Waals surface area (Å²) >= 11 is 0. The monoisotopic (exact) mass is 272 g/mol. The van der Waals surface area contributed by atoms with E-state index < -0.39 is 6.04 Å². The van der Waals surface area contributed by atoms with Crippen LogP contribution in [-0.4, -0.2) is 21.7 Å². The minimum Gasteiger partial charge on any atom is -0.368 e. The van der Waals surface area contributed by atoms with Gasteiger partial charge in [0, 0.05) is 12.2 Å². The first kappa shape index (κ1) is 14.3. The Morgan fingerprint density at radius 1 is 1.40 bits per heavy atom. The van der Waals surface area contributed by atoms with Crippen LogP contribution in [0.3, 0.4) is 0 Å². The van der Waals surface area contributed by atoms with E-state index in [9.17, 15) is 4.79 Å². The van der Waals surface area contributed by atoms with Gasteiger partial charge in [-0.2, -0.15) is 5.10 Å². The predicted molar refractivity (Wildman–Crippen MR) is 77.9 cm³/mol. The van der Waals surface area contributed by atoms with Gasteiger partial charge in [-0.05, 0) is 25.0 Å². The van der Waals surface area contributed by atoms with Gasteiger partial charge in [0.05, 0.1) is 12.7 Å². The van der Waals surface area contributed by atoms with Gasteiger partial charge in [0.25, 0.3) is 0 Å². The number of hydrogen-bond acceptors (Lipinski definition) is 3. The number of carbonyl (C=O) groups excluding carboxylic acids is 1. The summed E-state index contributed by atoms with van der Waals surface area (Å²) in [5, 5.41) is 7.50. The van der Waals surface area contributed by atoms with Crippen LogP contribution in [0.5, 0.6) is 0 Å². The fraction of sp³-hybridized carbons (Fsp3) is 0.333. The lowest BCUT2D eigenvalue weighted by Crippen LogP contribution is -2.40. The SMILES string of the molecule is Cc1cnn(CC(C)NC(C(N)=O)c2ccccc2)c1. The third kappa shape index (κ3) is 3.68. The highest BCUT2D eigenvalue weighted by molar-refractivity contribution is 5.81. The number of aromatic nitrogens is 2. The first-order valence-corrected chi connectivity index (χ1v) is 6.65. The molecule has 0 bridgehead atoms. The molecule has 1 aromatic heterocycles. The first-order valence-electron chi connectivity index (χ1n) is 6.65. The quantitative estimate of drug-likeness (QED) is 0.834. The number of nitrogens with zero attached hydrogens (tertiary/aromatic N) is 2. The number of aryl methyl sites for hydroxylation is 1. The number of nitrogens with two attached hydrogens (primary N) is 1. The molecule has 5 nitrogen and oxygen atoms in total. The molecule has 0 saturated carbocycles. The molecule has 0 aliphatic heterocycles. The van der Waals surface area contributed by atoms with Crippen LogP contribution in [-0.2, 0) is 11.3 Å². The highest BCUT2D eigenvalue weighted by Gasteiger charge is 2.19. The van der Waals surface area contributed by atoms with E-state index in [1.54, 1.807) is 0 Å². The highest BCUT2D eigenvalue weighted by Crippen LogP contribution is 2.13. The maximum atomic E-state index is 11.6. The van der Waals surface area contributed by atoms with Crippen molar-refractivity contribution in [3.8, 4) is 0 Å². The van der Waals surface area contributed by atoms with Gasteiger partial charge >= 0.3 is 0 Å². The smallest absolute Gasteiger partial charge is 0.239 e. The standard InChI is InChI=1S/C15H20N4O/c1-11-8-17-19(9-11)10-12(2)18-14(15(16)20)13-6-4-3-5-7-13/h3-9,12,14,18H,10H2,1-2H3,(H2,16,20). The van der Waals surface area contributed by atoms with Crippen LogP contribution in [0.25, 0.3) is 0 Å². The third-order valence-electron chi connectivity index (χ3n) is 3.09. The Morgan fingerprint density at radius 2 is 2.10 bits per heavy atom. The molecule has 1 amide bonds. The van der Waals surface area contributed by atoms with Crippen LogP contribution in [0.2, 0.25) is 0 Å². The summed E-state index contributed by atoms with van der Waals surface area (Å²) in [4.78, 5) is 11.6. The van der Waals surface area contributed by atoms with Gasteiger partial charge in [0.15, 0.2) is 0 Å². The van der Waals surface area contributed by atoms with E-state index in [0.717, 1.165) is 11.1 Å². The summed E-state index contributed by atoms with van der Waals surface area (Å²) < 4.78 is 1.86. The second-order valence-electron chi connectivity index (χ2n) is 5.05. The fourth-order valence-electron chi connectivity index (χ4n) is 2.17. The van der Waals surface area contributed by atoms with Crippen LogP contribution in [0.4, 0.5) is 0 Å². The van der Waals surface area contributed by atoms with Crippen molar-refractivity contribution in [1.29, 1.82) is 0 Å². The third-order valence-corrected chi connectivity index (χ3v) is 3.09. The molecule has 1 aromatic carbocycles. The average Bonchev–Trinajstić information content (AvgIpc) is 2.82. The van der Waals surface area contributed by atoms with E-state index >= 15 is 0 Å². The van der Waals surface area contributed by atoms with Gasteiger partial charge in [-0.25, -0.2) is 0 Å². The molecule has 0 spiro atoms. The molecule has 3 N–H and O–H groups in total. The van der Waals surface area contributed by atoms with Crippen molar-refractivity contribution in [2.45, 2.75) is 32.5 Å². The Balaban J connectivity index is 2.03. The van der Waals surface area contributed by atoms with Crippen LogP contribution >= 0.6 is 0 Å². The van der Waals surface area contributed by atoms with E-state index in [1.165, 1.54) is 0 Å². The summed E-state index contributed by atoms with van der Waals surface area (Å²) in [6, 6.07) is 9.09. The normalized spacial score (nSPS) is 13.9. The molecule has 0 fully saturated rings. The second kappa shape index (κ2) is 6.34. The predicted octanol–water partition coefficient (Wildman–Crippen LogP) is 1.40. The Kier molecular flexibility index (Phi) is 4.53. The number of carbonyl (C=O) groups is 1. The largest absolute Gasteiger partial charge is 0.368 e. The lowest BCUT2D eigenvalue weighted by molar-refractivity contribution is -0.120. The van der Waals surface area contributed by atoms with Gasteiger partial charge in [-0.3, -0.25) is 14.8 Å². The van der Waals surface area contributed by atoms with Gasteiger partial charge in [0.2, 0.25) is 5.91 Å². The summed E-state index contributed by atoms with van der Waals surface area (Å²) in [6.45, 7) is 4.69. The van der Waals surface area contributed by atoms with Crippen molar-refractivity contribution in [1.82, 2.24) is 15.1 Å². The maximum Gasteiger partial charge on any atom is 0.239 e. The molecule has 1 heterocycles. The number of hydrogen-bond donors (Lipinski definition) is 2. The summed E-state index contributed by atoms with van der Waals surface area (Å²) in [7, 11) is 0. The van der Waals surface area contributed by atoms with Crippen molar-refractivity contribution in [2.75, 3.05) is 0 Å². The molecular formula is C15H20N4O. The molecule has 5 heteroatoms. The van der Waals surface area contributed by atoms with Gasteiger partial charge in [-0.1, -0.05) is 30.3 Å². The molecule has 2 aromatic rings. The Labute approximate surface area is 118 Å². The number of amides is 1. The molecule has 0 radical (unpaired) electrons. The number of benzene rings is 1. The molecule has 2 rings (SSSR count). The van der Waals surface area contributed by atoms with E-state index in [4.69, 9.17) is 5.73 Å². The van der Waals surface area contributed by atoms with Crippen molar-refractivity contribution >= 4 is 5.91 Å². The summed E-state index contributed by atoms with van der Waals surface area (Å²) in [6.07, 6.45) is 3.79. The molecule has 0 aliphatic carbocycles. The van der Waals surface area contributed by atoms with Crippen molar-refractivity contribution in [2.24, 2.45) is 5.73 Å². The molecule has 20 heavy (non-hydrogen) atoms. The number of nitrogens with one attached hydrogen (secondary N) is 1. The van der Waals surface area contributed by atoms with Crippen molar-refractivity contribution in [3.63, 3.8) is 0 Å². The Morgan fingerprint density at radius 3 is 2.65 bits per heavy atom. The van der Waals surface area contributed by atoms with Crippen molar-refractivity contribution < 1.29 is 4.79 Å². The van der Waals surface area contributed by atoms with E-state index in [-0.39, 0.29) is 11.9 Å². The fourth-order valence-corrected chi connectivity index (χ4v) is 2.17. The molecule has 2 atom stereocenters. The Bertz CT molecular complexity index is 564. The summed E-state index contributed by atoms with van der Waals surface area (Å²) in [5.74, 6) is -0.375. The van der Waals surface area contributed by atoms with Crippen molar-refractivity contribution in [3.05, 3.63) is 53.9 Å². The minimum absolute atomic E-state index is 0.0759. The van der Waals surface area contributed by atoms with Crippen LogP contribution < -0.4 is 11.1 Å². The van der Waals surface area contributed by atoms with E-state index in [0.29, 0.717) is 6.54 Å².